The number of benzene rings is 2. The lowest BCUT2D eigenvalue weighted by molar-refractivity contribution is 0.171. The normalized spacial score (nSPS) is 14.3. The minimum atomic E-state index is -0.161. The third kappa shape index (κ3) is 3.88. The van der Waals surface area contributed by atoms with Gasteiger partial charge in [0.2, 0.25) is 0 Å². The summed E-state index contributed by atoms with van der Waals surface area (Å²) < 4.78 is 12.8. The molecule has 4 rings (SSSR count). The van der Waals surface area contributed by atoms with E-state index in [1.165, 1.54) is 0 Å². The van der Waals surface area contributed by atoms with Gasteiger partial charge in [0.05, 0.1) is 17.4 Å². The van der Waals surface area contributed by atoms with Crippen LogP contribution in [0.1, 0.15) is 24.4 Å². The topological polar surface area (TPSA) is 76.2 Å². The number of ether oxygens (including phenoxy) is 2. The van der Waals surface area contributed by atoms with Crippen molar-refractivity contribution >= 4 is 42.8 Å². The molecule has 2 N–H and O–H groups in total. The van der Waals surface area contributed by atoms with E-state index in [9.17, 15) is 4.79 Å². The van der Waals surface area contributed by atoms with Gasteiger partial charge in [0.15, 0.2) is 11.5 Å². The quantitative estimate of drug-likeness (QED) is 0.571. The molecule has 0 radical (unpaired) electrons. The van der Waals surface area contributed by atoms with Crippen molar-refractivity contribution in [3.8, 4) is 11.5 Å². The van der Waals surface area contributed by atoms with Crippen molar-refractivity contribution < 1.29 is 9.47 Å². The monoisotopic (exact) mass is 493 g/mol. The molecule has 2 aromatic carbocycles. The second-order valence-electron chi connectivity index (χ2n) is 6.30. The summed E-state index contributed by atoms with van der Waals surface area (Å²) in [7, 11) is 0. The standard InChI is InChI=1S/C19H17Br2N3O3/c1-10(11-2-3-15-16(6-11)27-5-4-26-15)22-9-17-23-18-13(19(25)24-17)7-12(20)8-14(18)21/h2-3,6-8,10,22H,4-5,9H2,1H3,(H,23,24,25). The van der Waals surface area contributed by atoms with E-state index in [0.717, 1.165) is 26.0 Å². The smallest absolute Gasteiger partial charge is 0.258 e. The van der Waals surface area contributed by atoms with Crippen LogP contribution in [0.25, 0.3) is 10.9 Å². The van der Waals surface area contributed by atoms with Gasteiger partial charge < -0.3 is 19.8 Å². The average Bonchev–Trinajstić information content (AvgIpc) is 2.66. The minimum absolute atomic E-state index is 0.0511. The van der Waals surface area contributed by atoms with Crippen molar-refractivity contribution in [3.63, 3.8) is 0 Å². The molecule has 0 amide bonds. The molecule has 2 heterocycles. The van der Waals surface area contributed by atoms with E-state index in [4.69, 9.17) is 9.47 Å². The number of nitrogens with one attached hydrogen (secondary N) is 2. The van der Waals surface area contributed by atoms with Crippen molar-refractivity contribution in [2.75, 3.05) is 13.2 Å². The molecule has 0 fully saturated rings. The van der Waals surface area contributed by atoms with Crippen molar-refractivity contribution in [2.24, 2.45) is 0 Å². The SMILES string of the molecule is CC(NCc1nc2c(Br)cc(Br)cc2c(=O)[nH]1)c1ccc2c(c1)OCCO2. The Balaban J connectivity index is 1.54. The first-order chi connectivity index (χ1) is 13.0. The Bertz CT molecular complexity index is 1070. The highest BCUT2D eigenvalue weighted by Crippen LogP contribution is 2.32. The van der Waals surface area contributed by atoms with Crippen LogP contribution in [-0.2, 0) is 6.54 Å². The van der Waals surface area contributed by atoms with Crippen molar-refractivity contribution in [1.82, 2.24) is 15.3 Å². The van der Waals surface area contributed by atoms with Gasteiger partial charge in [0, 0.05) is 15.0 Å². The molecule has 1 aliphatic heterocycles. The zero-order valence-corrected chi connectivity index (χ0v) is 17.7. The Labute approximate surface area is 172 Å². The first kappa shape index (κ1) is 18.5. The summed E-state index contributed by atoms with van der Waals surface area (Å²) in [6, 6.07) is 9.61. The first-order valence-electron chi connectivity index (χ1n) is 8.52. The van der Waals surface area contributed by atoms with Crippen LogP contribution < -0.4 is 20.3 Å². The van der Waals surface area contributed by atoms with E-state index in [2.05, 4.69) is 54.1 Å². The van der Waals surface area contributed by atoms with Crippen LogP contribution in [0.4, 0.5) is 0 Å². The molecule has 1 atom stereocenters. The molecule has 1 aliphatic rings. The molecular formula is C19H17Br2N3O3. The van der Waals surface area contributed by atoms with Gasteiger partial charge in [-0.1, -0.05) is 22.0 Å². The van der Waals surface area contributed by atoms with Crippen LogP contribution in [0.2, 0.25) is 0 Å². The number of aromatic nitrogens is 2. The molecule has 0 saturated carbocycles. The Morgan fingerprint density at radius 3 is 2.78 bits per heavy atom. The number of hydrogen-bond donors (Lipinski definition) is 2. The fourth-order valence-electron chi connectivity index (χ4n) is 2.99. The fraction of sp³-hybridized carbons (Fsp3) is 0.263. The molecule has 0 saturated heterocycles. The third-order valence-electron chi connectivity index (χ3n) is 4.42. The predicted molar refractivity (Wildman–Crippen MR) is 110 cm³/mol. The van der Waals surface area contributed by atoms with Crippen LogP contribution in [0.15, 0.2) is 44.1 Å². The molecule has 0 aliphatic carbocycles. The summed E-state index contributed by atoms with van der Waals surface area (Å²) in [6.45, 7) is 3.62. The largest absolute Gasteiger partial charge is 0.486 e. The van der Waals surface area contributed by atoms with Crippen LogP contribution >= 0.6 is 31.9 Å². The lowest BCUT2D eigenvalue weighted by Gasteiger charge is -2.21. The molecule has 27 heavy (non-hydrogen) atoms. The van der Waals surface area contributed by atoms with Gasteiger partial charge in [0.1, 0.15) is 19.0 Å². The van der Waals surface area contributed by atoms with Gasteiger partial charge in [-0.2, -0.15) is 0 Å². The Morgan fingerprint density at radius 2 is 1.96 bits per heavy atom. The second-order valence-corrected chi connectivity index (χ2v) is 8.07. The molecule has 6 nitrogen and oxygen atoms in total. The highest BCUT2D eigenvalue weighted by molar-refractivity contribution is 9.11. The molecule has 0 bridgehead atoms. The maximum atomic E-state index is 12.4. The fourth-order valence-corrected chi connectivity index (χ4v) is 4.31. The number of rotatable bonds is 4. The number of nitrogens with zero attached hydrogens (tertiary/aromatic N) is 1. The van der Waals surface area contributed by atoms with E-state index in [1.807, 2.05) is 24.3 Å². The maximum absolute atomic E-state index is 12.4. The van der Waals surface area contributed by atoms with Crippen molar-refractivity contribution in [1.29, 1.82) is 0 Å². The Morgan fingerprint density at radius 1 is 1.19 bits per heavy atom. The highest BCUT2D eigenvalue weighted by atomic mass is 79.9. The van der Waals surface area contributed by atoms with Crippen molar-refractivity contribution in [3.05, 3.63) is 61.0 Å². The second kappa shape index (κ2) is 7.61. The molecule has 1 aromatic heterocycles. The third-order valence-corrected chi connectivity index (χ3v) is 5.48. The zero-order chi connectivity index (χ0) is 19.0. The number of aromatic amines is 1. The van der Waals surface area contributed by atoms with E-state index in [-0.39, 0.29) is 11.6 Å². The summed E-state index contributed by atoms with van der Waals surface area (Å²) >= 11 is 6.87. The summed E-state index contributed by atoms with van der Waals surface area (Å²) in [5, 5.41) is 3.93. The van der Waals surface area contributed by atoms with Crippen LogP contribution in [-0.4, -0.2) is 23.2 Å². The molecule has 140 valence electrons. The minimum Gasteiger partial charge on any atom is -0.486 e. The van der Waals surface area contributed by atoms with Crippen LogP contribution in [0.5, 0.6) is 11.5 Å². The average molecular weight is 495 g/mol. The number of hydrogen-bond acceptors (Lipinski definition) is 5. The summed E-state index contributed by atoms with van der Waals surface area (Å²) in [5.74, 6) is 2.12. The van der Waals surface area contributed by atoms with Gasteiger partial charge in [-0.3, -0.25) is 4.79 Å². The highest BCUT2D eigenvalue weighted by Gasteiger charge is 2.15. The molecule has 0 spiro atoms. The summed E-state index contributed by atoms with van der Waals surface area (Å²) in [4.78, 5) is 19.8. The Hall–Kier alpha value is -1.90. The number of halogens is 2. The number of fused-ring (bicyclic) bond motifs is 2. The molecule has 8 heteroatoms. The van der Waals surface area contributed by atoms with E-state index < -0.39 is 0 Å². The first-order valence-corrected chi connectivity index (χ1v) is 10.1. The van der Waals surface area contributed by atoms with Gasteiger partial charge in [-0.15, -0.1) is 0 Å². The maximum Gasteiger partial charge on any atom is 0.258 e. The zero-order valence-electron chi connectivity index (χ0n) is 14.5. The summed E-state index contributed by atoms with van der Waals surface area (Å²) in [5.41, 5.74) is 1.56. The van der Waals surface area contributed by atoms with Gasteiger partial charge in [0.25, 0.3) is 5.56 Å². The van der Waals surface area contributed by atoms with Crippen LogP contribution in [0, 0.1) is 0 Å². The Kier molecular flexibility index (Phi) is 5.21. The lowest BCUT2D eigenvalue weighted by Crippen LogP contribution is -2.23. The predicted octanol–water partition coefficient (Wildman–Crippen LogP) is 4.07. The summed E-state index contributed by atoms with van der Waals surface area (Å²) in [6.07, 6.45) is 0. The number of H-pyrrole nitrogens is 1. The molecule has 3 aromatic rings. The lowest BCUT2D eigenvalue weighted by atomic mass is 10.1. The van der Waals surface area contributed by atoms with E-state index >= 15 is 0 Å². The van der Waals surface area contributed by atoms with E-state index in [1.54, 1.807) is 6.07 Å². The van der Waals surface area contributed by atoms with Crippen molar-refractivity contribution in [2.45, 2.75) is 19.5 Å². The molecule has 1 unspecified atom stereocenters. The van der Waals surface area contributed by atoms with Crippen LogP contribution in [0.3, 0.4) is 0 Å². The van der Waals surface area contributed by atoms with Gasteiger partial charge in [-0.05, 0) is 52.7 Å². The van der Waals surface area contributed by atoms with Gasteiger partial charge in [-0.25, -0.2) is 4.98 Å². The van der Waals surface area contributed by atoms with E-state index in [0.29, 0.717) is 36.5 Å². The van der Waals surface area contributed by atoms with Gasteiger partial charge >= 0.3 is 0 Å². The molecular weight excluding hydrogens is 478 g/mol.